The summed E-state index contributed by atoms with van der Waals surface area (Å²) >= 11 is 5.66. The van der Waals surface area contributed by atoms with E-state index in [1.807, 2.05) is 54.6 Å². The van der Waals surface area contributed by atoms with Crippen molar-refractivity contribution in [1.82, 2.24) is 9.47 Å². The molecular formula is C28H30N4O3S. The van der Waals surface area contributed by atoms with Crippen molar-refractivity contribution in [1.29, 1.82) is 5.41 Å². The lowest BCUT2D eigenvalue weighted by Crippen LogP contribution is -2.47. The molecule has 0 saturated carbocycles. The van der Waals surface area contributed by atoms with E-state index in [2.05, 4.69) is 6.58 Å². The molecule has 0 bridgehead atoms. The van der Waals surface area contributed by atoms with Gasteiger partial charge >= 0.3 is 0 Å². The molecule has 4 N–H and O–H groups in total. The van der Waals surface area contributed by atoms with E-state index in [-0.39, 0.29) is 5.91 Å². The first-order valence-corrected chi connectivity index (χ1v) is 12.2. The van der Waals surface area contributed by atoms with Crippen LogP contribution in [-0.2, 0) is 10.4 Å². The van der Waals surface area contributed by atoms with Gasteiger partial charge in [0.05, 0.1) is 11.2 Å². The van der Waals surface area contributed by atoms with E-state index in [9.17, 15) is 9.90 Å². The van der Waals surface area contributed by atoms with Gasteiger partial charge in [-0.05, 0) is 42.2 Å². The van der Waals surface area contributed by atoms with Crippen molar-refractivity contribution in [3.63, 3.8) is 0 Å². The molecule has 8 heteroatoms. The second kappa shape index (κ2) is 10.9. The number of nitrogens with two attached hydrogens (primary N) is 1. The number of carbonyl (C=O) groups excluding carboxylic acids is 1. The van der Waals surface area contributed by atoms with E-state index in [0.29, 0.717) is 59.7 Å². The number of ether oxygens (including phenoxy) is 1. The number of piperidine rings is 1. The normalized spacial score (nSPS) is 15.6. The minimum atomic E-state index is -0.975. The highest BCUT2D eigenvalue weighted by molar-refractivity contribution is 7.71. The Kier molecular flexibility index (Phi) is 7.67. The Labute approximate surface area is 216 Å². The predicted molar refractivity (Wildman–Crippen MR) is 144 cm³/mol. The number of rotatable bonds is 8. The molecule has 0 radical (unpaired) electrons. The number of anilines is 1. The third-order valence-electron chi connectivity index (χ3n) is 6.60. The Balaban J connectivity index is 1.69. The maximum absolute atomic E-state index is 14.0. The van der Waals surface area contributed by atoms with Gasteiger partial charge < -0.3 is 30.5 Å². The summed E-state index contributed by atoms with van der Waals surface area (Å²) in [5, 5.41) is 19.0. The van der Waals surface area contributed by atoms with Gasteiger partial charge in [0.2, 0.25) is 5.91 Å². The Morgan fingerprint density at radius 1 is 1.19 bits per heavy atom. The zero-order valence-electron chi connectivity index (χ0n) is 20.0. The number of hydrogen-bond donors (Lipinski definition) is 3. The summed E-state index contributed by atoms with van der Waals surface area (Å²) in [5.41, 5.74) is 7.39. The van der Waals surface area contributed by atoms with Gasteiger partial charge in [0.25, 0.3) is 0 Å². The maximum Gasteiger partial charge on any atom is 0.250 e. The number of nitrogens with zero attached hydrogens (tertiary/aromatic N) is 2. The first-order chi connectivity index (χ1) is 17.4. The summed E-state index contributed by atoms with van der Waals surface area (Å²) in [5.74, 6) is 0.458. The van der Waals surface area contributed by atoms with Crippen molar-refractivity contribution in [2.45, 2.75) is 24.5 Å². The van der Waals surface area contributed by atoms with E-state index in [1.54, 1.807) is 27.8 Å². The summed E-state index contributed by atoms with van der Waals surface area (Å²) < 4.78 is 7.69. The lowest BCUT2D eigenvalue weighted by molar-refractivity contribution is -0.138. The molecule has 0 aliphatic carbocycles. The number of likely N-dealkylation sites (tertiary alicyclic amines) is 1. The molecule has 1 aliphatic rings. The van der Waals surface area contributed by atoms with Crippen molar-refractivity contribution >= 4 is 30.0 Å². The molecular weight excluding hydrogens is 472 g/mol. The van der Waals surface area contributed by atoms with Gasteiger partial charge in [-0.3, -0.25) is 4.79 Å². The van der Waals surface area contributed by atoms with Crippen LogP contribution in [-0.4, -0.2) is 46.4 Å². The van der Waals surface area contributed by atoms with Crippen LogP contribution in [0.1, 0.15) is 35.6 Å². The van der Waals surface area contributed by atoms with E-state index in [0.717, 1.165) is 11.8 Å². The van der Waals surface area contributed by atoms with Gasteiger partial charge in [0.15, 0.2) is 0 Å². The topological polar surface area (TPSA) is 105 Å². The third kappa shape index (κ3) is 5.10. The number of carbonyl (C=O) groups is 1. The van der Waals surface area contributed by atoms with Gasteiger partial charge in [-0.1, -0.05) is 67.3 Å². The molecule has 186 valence electrons. The molecule has 2 heterocycles. The number of hydrogen-bond acceptors (Lipinski definition) is 6. The summed E-state index contributed by atoms with van der Waals surface area (Å²) in [7, 11) is 0. The van der Waals surface area contributed by atoms with E-state index in [4.69, 9.17) is 28.1 Å². The van der Waals surface area contributed by atoms with Crippen LogP contribution in [0.25, 0.3) is 0 Å². The molecule has 1 aromatic heterocycles. The molecule has 1 amide bonds. The van der Waals surface area contributed by atoms with Gasteiger partial charge in [-0.15, -0.1) is 0 Å². The quantitative estimate of drug-likeness (QED) is 0.240. The largest absolute Gasteiger partial charge is 0.490 e. The fourth-order valence-electron chi connectivity index (χ4n) is 4.59. The van der Waals surface area contributed by atoms with Crippen LogP contribution < -0.4 is 10.5 Å². The second-order valence-electron chi connectivity index (χ2n) is 8.84. The molecule has 1 fully saturated rings. The number of benzene rings is 2. The monoisotopic (exact) mass is 502 g/mol. The van der Waals surface area contributed by atoms with Gasteiger partial charge in [0, 0.05) is 31.2 Å². The van der Waals surface area contributed by atoms with Gasteiger partial charge in [-0.25, -0.2) is 0 Å². The first kappa shape index (κ1) is 25.3. The Morgan fingerprint density at radius 3 is 2.58 bits per heavy atom. The van der Waals surface area contributed by atoms with Crippen LogP contribution in [0.2, 0.25) is 0 Å². The second-order valence-corrected chi connectivity index (χ2v) is 9.23. The third-order valence-corrected chi connectivity index (χ3v) is 7.03. The van der Waals surface area contributed by atoms with E-state index in [1.165, 1.54) is 0 Å². The molecule has 1 saturated heterocycles. The lowest BCUT2D eigenvalue weighted by atomic mass is 9.84. The number of pyridine rings is 1. The number of amides is 1. The number of nitrogens with one attached hydrogen (secondary N) is 1. The summed E-state index contributed by atoms with van der Waals surface area (Å²) in [6, 6.07) is 17.8. The van der Waals surface area contributed by atoms with Crippen LogP contribution in [0.3, 0.4) is 0 Å². The molecule has 4 rings (SSSR count). The highest BCUT2D eigenvalue weighted by atomic mass is 32.1. The van der Waals surface area contributed by atoms with Crippen molar-refractivity contribution in [2.24, 2.45) is 0 Å². The molecule has 0 spiro atoms. The first-order valence-electron chi connectivity index (χ1n) is 11.8. The van der Waals surface area contributed by atoms with Crippen molar-refractivity contribution in [3.05, 3.63) is 101 Å². The molecule has 1 unspecified atom stereocenters. The summed E-state index contributed by atoms with van der Waals surface area (Å²) in [6.07, 6.45) is 5.31. The summed E-state index contributed by atoms with van der Waals surface area (Å²) in [4.78, 5) is 15.8. The molecule has 3 aromatic rings. The average Bonchev–Trinajstić information content (AvgIpc) is 2.90. The molecule has 1 aliphatic heterocycles. The zero-order valence-corrected chi connectivity index (χ0v) is 20.8. The molecule has 36 heavy (non-hydrogen) atoms. The number of aromatic nitrogens is 1. The highest BCUT2D eigenvalue weighted by Gasteiger charge is 2.38. The fraction of sp³-hybridized carbons (Fsp3) is 0.250. The van der Waals surface area contributed by atoms with Crippen LogP contribution in [0, 0.1) is 10.0 Å². The number of nitrogen functional groups attached to an aromatic ring is 1. The summed E-state index contributed by atoms with van der Waals surface area (Å²) in [6.45, 7) is 4.82. The molecule has 1 atom stereocenters. The lowest BCUT2D eigenvalue weighted by Gasteiger charge is -2.40. The Bertz CT molecular complexity index is 1310. The Morgan fingerprint density at radius 2 is 1.92 bits per heavy atom. The van der Waals surface area contributed by atoms with Gasteiger partial charge in [0.1, 0.15) is 23.0 Å². The fourth-order valence-corrected chi connectivity index (χ4v) is 4.93. The molecule has 7 nitrogen and oxygen atoms in total. The Hall–Kier alpha value is -3.75. The van der Waals surface area contributed by atoms with Crippen molar-refractivity contribution < 1.29 is 14.6 Å². The van der Waals surface area contributed by atoms with Crippen LogP contribution in [0.5, 0.6) is 5.75 Å². The number of aliphatic hydroxyl groups is 1. The van der Waals surface area contributed by atoms with Crippen molar-refractivity contribution in [3.8, 4) is 5.75 Å². The van der Waals surface area contributed by atoms with Crippen molar-refractivity contribution in [2.75, 3.05) is 25.4 Å². The standard InChI is InChI=1S/C28H30N4O3S/c1-2-17-35-22-10-6-7-20(18-22)25(32-14-11-24(30)23(19-29)27(32)36)26(33)31-15-12-28(34,13-16-31)21-8-4-3-5-9-21/h2-11,14,18-19,25,29,34H,1,12-13,15-17,30H2. The SMILES string of the molecule is C=CCOc1cccc(C(C(=O)N2CCC(O)(c3ccccc3)CC2)n2ccc(N)c(C=N)c2=S)c1. The minimum Gasteiger partial charge on any atom is -0.490 e. The van der Waals surface area contributed by atoms with E-state index < -0.39 is 11.6 Å². The van der Waals surface area contributed by atoms with E-state index >= 15 is 0 Å². The highest BCUT2D eigenvalue weighted by Crippen LogP contribution is 2.35. The average molecular weight is 503 g/mol. The smallest absolute Gasteiger partial charge is 0.250 e. The molecule has 2 aromatic carbocycles. The van der Waals surface area contributed by atoms with Crippen LogP contribution in [0.15, 0.2) is 79.5 Å². The predicted octanol–water partition coefficient (Wildman–Crippen LogP) is 4.46. The minimum absolute atomic E-state index is 0.150. The van der Waals surface area contributed by atoms with Crippen LogP contribution in [0.4, 0.5) is 5.69 Å². The zero-order chi connectivity index (χ0) is 25.7. The van der Waals surface area contributed by atoms with Crippen LogP contribution >= 0.6 is 12.2 Å². The van der Waals surface area contributed by atoms with Gasteiger partial charge in [-0.2, -0.15) is 0 Å². The maximum atomic E-state index is 14.0.